The third-order valence-corrected chi connectivity index (χ3v) is 9.15. The molecule has 228 valence electrons. The van der Waals surface area contributed by atoms with Gasteiger partial charge in [-0.2, -0.15) is 0 Å². The van der Waals surface area contributed by atoms with Crippen LogP contribution in [-0.2, 0) is 37.1 Å². The molecular weight excluding hydrogens is 520 g/mol. The molecule has 0 amide bonds. The van der Waals surface area contributed by atoms with Crippen molar-refractivity contribution in [1.29, 1.82) is 0 Å². The predicted molar refractivity (Wildman–Crippen MR) is 159 cm³/mol. The largest absolute Gasteiger partial charge is 0.574 e. The van der Waals surface area contributed by atoms with Crippen LogP contribution in [0.3, 0.4) is 0 Å². The van der Waals surface area contributed by atoms with Gasteiger partial charge in [0.25, 0.3) is 5.97 Å². The molecule has 10 heteroatoms. The summed E-state index contributed by atoms with van der Waals surface area (Å²) in [6.07, 6.45) is 11.8. The summed E-state index contributed by atoms with van der Waals surface area (Å²) in [5.41, 5.74) is 0. The van der Waals surface area contributed by atoms with Gasteiger partial charge in [0, 0.05) is 58.9 Å². The van der Waals surface area contributed by atoms with Crippen molar-refractivity contribution in [2.45, 2.75) is 131 Å². The summed E-state index contributed by atoms with van der Waals surface area (Å²) in [6, 6.07) is 0. The predicted octanol–water partition coefficient (Wildman–Crippen LogP) is 5.49. The van der Waals surface area contributed by atoms with E-state index in [1.807, 2.05) is 41.5 Å². The van der Waals surface area contributed by atoms with E-state index in [2.05, 4.69) is 6.92 Å². The summed E-state index contributed by atoms with van der Waals surface area (Å²) in [7, 11) is -2.42. The lowest BCUT2D eigenvalue weighted by molar-refractivity contribution is -0.380. The molecule has 0 spiro atoms. The van der Waals surface area contributed by atoms with Crippen molar-refractivity contribution in [3.8, 4) is 0 Å². The van der Waals surface area contributed by atoms with Crippen molar-refractivity contribution in [3.63, 3.8) is 0 Å². The minimum absolute atomic E-state index is 0.0366. The molecule has 0 N–H and O–H groups in total. The number of unbranched alkanes of at least 4 members (excludes halogenated alkanes) is 7. The molecule has 0 radical (unpaired) electrons. The smallest absolute Gasteiger partial charge is 0.369 e. The fourth-order valence-electron chi connectivity index (χ4n) is 4.05. The van der Waals surface area contributed by atoms with Gasteiger partial charge in [0.1, 0.15) is 5.41 Å². The highest BCUT2D eigenvalue weighted by Gasteiger charge is 2.48. The first-order chi connectivity index (χ1) is 18.3. The third kappa shape index (κ3) is 19.6. The highest BCUT2D eigenvalue weighted by Crippen LogP contribution is 2.24. The number of carbonyl (C=O) groups is 2. The minimum Gasteiger partial charge on any atom is -0.369 e. The van der Waals surface area contributed by atoms with Crippen LogP contribution in [0.4, 0.5) is 0 Å². The molecule has 0 aliphatic carbocycles. The van der Waals surface area contributed by atoms with Crippen LogP contribution in [-0.4, -0.2) is 75.5 Å². The van der Waals surface area contributed by atoms with Crippen LogP contribution in [0.1, 0.15) is 126 Å². The van der Waals surface area contributed by atoms with Gasteiger partial charge in [-0.3, -0.25) is 4.79 Å². The van der Waals surface area contributed by atoms with Gasteiger partial charge in [0.05, 0.1) is 10.2 Å². The fraction of sp³-hybridized carbons (Fsp3) is 0.929. The van der Waals surface area contributed by atoms with Crippen molar-refractivity contribution in [1.82, 2.24) is 0 Å². The van der Waals surface area contributed by atoms with Crippen molar-refractivity contribution in [3.05, 3.63) is 0 Å². The van der Waals surface area contributed by atoms with Gasteiger partial charge >= 0.3 is 8.80 Å². The van der Waals surface area contributed by atoms with E-state index in [0.717, 1.165) is 51.4 Å². The van der Waals surface area contributed by atoms with Crippen molar-refractivity contribution < 1.29 is 37.1 Å². The van der Waals surface area contributed by atoms with E-state index >= 15 is 0 Å². The molecule has 0 fully saturated rings. The van der Waals surface area contributed by atoms with E-state index < -0.39 is 14.8 Å². The number of hydrogen-bond donors (Lipinski definition) is 0. The van der Waals surface area contributed by atoms with Gasteiger partial charge in [0.15, 0.2) is 0 Å². The van der Waals surface area contributed by atoms with Crippen LogP contribution in [0.5, 0.6) is 0 Å². The Hall–Kier alpha value is -0.466. The molecule has 0 aliphatic heterocycles. The third-order valence-electron chi connectivity index (χ3n) is 5.71. The first kappa shape index (κ1) is 39.7. The Morgan fingerprint density at radius 1 is 0.579 bits per heavy atom. The lowest BCUT2D eigenvalue weighted by Gasteiger charge is -2.32. The maximum absolute atomic E-state index is 12.4. The zero-order valence-electron chi connectivity index (χ0n) is 26.0. The van der Waals surface area contributed by atoms with Crippen LogP contribution in [0.25, 0.3) is 0 Å². The molecule has 0 saturated carbocycles. The molecule has 0 unspecified atom stereocenters. The second-order valence-corrected chi connectivity index (χ2v) is 12.7. The van der Waals surface area contributed by atoms with E-state index in [4.69, 9.17) is 27.5 Å². The van der Waals surface area contributed by atoms with Gasteiger partial charge in [-0.05, 0) is 60.8 Å². The van der Waals surface area contributed by atoms with Crippen molar-refractivity contribution in [2.75, 3.05) is 39.6 Å². The molecule has 0 aromatic rings. The summed E-state index contributed by atoms with van der Waals surface area (Å²) < 4.78 is 33.8. The molecule has 38 heavy (non-hydrogen) atoms. The van der Waals surface area contributed by atoms with Gasteiger partial charge in [-0.25, -0.2) is 0 Å². The molecule has 0 rings (SSSR count). The van der Waals surface area contributed by atoms with Crippen LogP contribution >= 0.6 is 0 Å². The molecule has 8 nitrogen and oxygen atoms in total. The normalized spacial score (nSPS) is 11.9. The molecule has 0 aromatic heterocycles. The lowest BCUT2D eigenvalue weighted by Crippen LogP contribution is -2.54. The minimum atomic E-state index is -3.11. The summed E-state index contributed by atoms with van der Waals surface area (Å²) in [4.78, 5) is 23.2. The van der Waals surface area contributed by atoms with E-state index in [1.54, 1.807) is 0 Å². The topological polar surface area (TPSA) is 89.5 Å². The summed E-state index contributed by atoms with van der Waals surface area (Å²) in [5, 5.41) is 0.446. The quantitative estimate of drug-likeness (QED) is 0.0754. The Morgan fingerprint density at radius 2 is 1.00 bits per heavy atom. The number of hydrogen-bond acceptors (Lipinski definition) is 8. The van der Waals surface area contributed by atoms with Gasteiger partial charge < -0.3 is 32.3 Å². The number of carbonyl (C=O) groups excluding carboxylic acids is 2. The SMILES string of the molecule is CCCCCCCC(=O)[Si](OCC)(OCC)OCC.CCOC(CCCCCCC(=O)[SiH3])(OCC)OCC. The summed E-state index contributed by atoms with van der Waals surface area (Å²) in [6.45, 7) is 16.7. The molecule has 0 saturated heterocycles. The molecule has 0 heterocycles. The zero-order chi connectivity index (χ0) is 29.1. The van der Waals surface area contributed by atoms with E-state index in [1.165, 1.54) is 19.3 Å². The summed E-state index contributed by atoms with van der Waals surface area (Å²) >= 11 is 0. The second-order valence-electron chi connectivity index (χ2n) is 9.04. The Kier molecular flexibility index (Phi) is 27.9. The van der Waals surface area contributed by atoms with Crippen LogP contribution in [0.15, 0.2) is 0 Å². The van der Waals surface area contributed by atoms with Crippen LogP contribution in [0.2, 0.25) is 0 Å². The van der Waals surface area contributed by atoms with E-state index in [0.29, 0.717) is 61.7 Å². The van der Waals surface area contributed by atoms with E-state index in [9.17, 15) is 9.59 Å². The highest BCUT2D eigenvalue weighted by molar-refractivity contribution is 6.92. The average molecular weight is 581 g/mol. The highest BCUT2D eigenvalue weighted by atomic mass is 28.4. The average Bonchev–Trinajstić information content (AvgIpc) is 2.87. The van der Waals surface area contributed by atoms with Crippen molar-refractivity contribution >= 4 is 29.9 Å². The van der Waals surface area contributed by atoms with Crippen molar-refractivity contribution in [2.24, 2.45) is 0 Å². The lowest BCUT2D eigenvalue weighted by atomic mass is 10.1. The first-order valence-corrected chi connectivity index (χ1v) is 17.9. The Balaban J connectivity index is 0. The second kappa shape index (κ2) is 26.7. The monoisotopic (exact) mass is 580 g/mol. The maximum atomic E-state index is 12.4. The van der Waals surface area contributed by atoms with Gasteiger partial charge in [-0.1, -0.05) is 45.4 Å². The summed E-state index contributed by atoms with van der Waals surface area (Å²) in [5.74, 6) is -0.869. The Morgan fingerprint density at radius 3 is 1.39 bits per heavy atom. The fourth-order valence-corrected chi connectivity index (χ4v) is 6.76. The standard InChI is InChI=1S/2C14H30O4Si/c1-5-9-10-11-12-13-14(15)19(16-6-2,17-7-3)18-8-4;1-4-16-14(17-5-2,18-6-3)12-10-8-7-9-11-13(15)19/h5-13H2,1-4H3;4-12H2,1-3,19H3. The Bertz CT molecular complexity index is 529. The zero-order valence-corrected chi connectivity index (χ0v) is 29.0. The first-order valence-electron chi connectivity index (χ1n) is 15.1. The van der Waals surface area contributed by atoms with Crippen LogP contribution < -0.4 is 0 Å². The molecule has 0 atom stereocenters. The van der Waals surface area contributed by atoms with Gasteiger partial charge in [0.2, 0.25) is 5.41 Å². The Labute approximate surface area is 238 Å². The molecule has 0 aliphatic rings. The molecular formula is C28H60O8Si2. The van der Waals surface area contributed by atoms with Crippen LogP contribution in [0, 0.1) is 0 Å². The maximum Gasteiger partial charge on any atom is 0.574 e. The number of rotatable bonds is 26. The number of ether oxygens (including phenoxy) is 3. The molecule has 0 bridgehead atoms. The van der Waals surface area contributed by atoms with Gasteiger partial charge in [-0.15, -0.1) is 0 Å². The van der Waals surface area contributed by atoms with E-state index in [-0.39, 0.29) is 5.41 Å². The molecule has 0 aromatic carbocycles.